The molecule has 0 aliphatic carbocycles. The molecule has 0 bridgehead atoms. The fourth-order valence-corrected chi connectivity index (χ4v) is 2.57. The summed E-state index contributed by atoms with van der Waals surface area (Å²) >= 11 is 0. The Morgan fingerprint density at radius 1 is 1.35 bits per heavy atom. The van der Waals surface area contributed by atoms with E-state index in [1.54, 1.807) is 0 Å². The smallest absolute Gasteiger partial charge is 0.0783 e. The van der Waals surface area contributed by atoms with Crippen LogP contribution in [0.2, 0.25) is 0 Å². The molecule has 2 heterocycles. The van der Waals surface area contributed by atoms with Gasteiger partial charge in [0, 0.05) is 18.3 Å². The summed E-state index contributed by atoms with van der Waals surface area (Å²) in [5.74, 6) is 0. The van der Waals surface area contributed by atoms with Crippen molar-refractivity contribution in [2.45, 2.75) is 32.0 Å². The molecule has 1 aromatic carbocycles. The van der Waals surface area contributed by atoms with Crippen LogP contribution < -0.4 is 5.32 Å². The molecule has 0 radical (unpaired) electrons. The van der Waals surface area contributed by atoms with Gasteiger partial charge in [0.15, 0.2) is 0 Å². The molecular weight excluding hydrogens is 250 g/mol. The van der Waals surface area contributed by atoms with Gasteiger partial charge in [-0.25, -0.2) is 4.68 Å². The van der Waals surface area contributed by atoms with Crippen molar-refractivity contribution in [1.29, 1.82) is 0 Å². The molecule has 0 amide bonds. The van der Waals surface area contributed by atoms with Crippen LogP contribution in [0.15, 0.2) is 42.7 Å². The van der Waals surface area contributed by atoms with Gasteiger partial charge in [0.05, 0.1) is 24.1 Å². The predicted molar refractivity (Wildman–Crippen MR) is 78.9 cm³/mol. The SMILES string of the molecule is CC1(OCc2cnn(-c3ccccc3)c2)CCCNC1. The first-order valence-corrected chi connectivity index (χ1v) is 7.19. The number of hydrogen-bond acceptors (Lipinski definition) is 3. The second kappa shape index (κ2) is 5.77. The highest BCUT2D eigenvalue weighted by molar-refractivity contribution is 5.30. The van der Waals surface area contributed by atoms with E-state index in [0.717, 1.165) is 30.8 Å². The van der Waals surface area contributed by atoms with Crippen LogP contribution in [0.3, 0.4) is 0 Å². The van der Waals surface area contributed by atoms with Gasteiger partial charge in [-0.3, -0.25) is 0 Å². The van der Waals surface area contributed by atoms with Crippen LogP contribution in [0.1, 0.15) is 25.3 Å². The van der Waals surface area contributed by atoms with E-state index in [9.17, 15) is 0 Å². The van der Waals surface area contributed by atoms with E-state index in [0.29, 0.717) is 6.61 Å². The zero-order valence-corrected chi connectivity index (χ0v) is 11.9. The number of rotatable bonds is 4. The highest BCUT2D eigenvalue weighted by atomic mass is 16.5. The molecule has 1 saturated heterocycles. The Balaban J connectivity index is 1.63. The summed E-state index contributed by atoms with van der Waals surface area (Å²) in [6, 6.07) is 10.1. The lowest BCUT2D eigenvalue weighted by Crippen LogP contribution is -2.45. The Morgan fingerprint density at radius 2 is 2.20 bits per heavy atom. The van der Waals surface area contributed by atoms with E-state index in [4.69, 9.17) is 4.74 Å². The maximum Gasteiger partial charge on any atom is 0.0783 e. The van der Waals surface area contributed by atoms with Crippen molar-refractivity contribution in [1.82, 2.24) is 15.1 Å². The van der Waals surface area contributed by atoms with Crippen LogP contribution in [0.5, 0.6) is 0 Å². The van der Waals surface area contributed by atoms with Gasteiger partial charge < -0.3 is 10.1 Å². The average molecular weight is 271 g/mol. The van der Waals surface area contributed by atoms with Crippen LogP contribution in [0, 0.1) is 0 Å². The van der Waals surface area contributed by atoms with Crippen molar-refractivity contribution in [3.8, 4) is 5.69 Å². The molecule has 3 rings (SSSR count). The van der Waals surface area contributed by atoms with Gasteiger partial charge in [-0.15, -0.1) is 0 Å². The fourth-order valence-electron chi connectivity index (χ4n) is 2.57. The first-order valence-electron chi connectivity index (χ1n) is 7.19. The molecule has 1 fully saturated rings. The van der Waals surface area contributed by atoms with Crippen LogP contribution in [0.4, 0.5) is 0 Å². The Kier molecular flexibility index (Phi) is 3.85. The number of aromatic nitrogens is 2. The third-order valence-electron chi connectivity index (χ3n) is 3.80. The van der Waals surface area contributed by atoms with E-state index in [1.165, 1.54) is 6.42 Å². The normalized spacial score (nSPS) is 22.9. The second-order valence-electron chi connectivity index (χ2n) is 5.65. The Labute approximate surface area is 119 Å². The zero-order chi connectivity index (χ0) is 13.8. The third-order valence-corrected chi connectivity index (χ3v) is 3.80. The molecule has 1 aliphatic rings. The quantitative estimate of drug-likeness (QED) is 0.928. The summed E-state index contributed by atoms with van der Waals surface area (Å²) < 4.78 is 7.98. The molecule has 20 heavy (non-hydrogen) atoms. The molecule has 1 aromatic heterocycles. The standard InChI is InChI=1S/C16H21N3O/c1-16(8-5-9-17-13-16)20-12-14-10-18-19(11-14)15-6-3-2-4-7-15/h2-4,6-7,10-11,17H,5,8-9,12-13H2,1H3. The Hall–Kier alpha value is -1.65. The molecule has 4 nitrogen and oxygen atoms in total. The van der Waals surface area contributed by atoms with Crippen LogP contribution in [-0.4, -0.2) is 28.5 Å². The van der Waals surface area contributed by atoms with Crippen molar-refractivity contribution in [3.05, 3.63) is 48.3 Å². The minimum atomic E-state index is -0.0485. The maximum absolute atomic E-state index is 6.09. The average Bonchev–Trinajstić information content (AvgIpc) is 2.96. The topological polar surface area (TPSA) is 39.1 Å². The van der Waals surface area contributed by atoms with Gasteiger partial charge in [0.1, 0.15) is 0 Å². The summed E-state index contributed by atoms with van der Waals surface area (Å²) in [6.07, 6.45) is 6.22. The number of nitrogens with one attached hydrogen (secondary N) is 1. The molecule has 1 unspecified atom stereocenters. The number of benzene rings is 1. The van der Waals surface area contributed by atoms with E-state index in [1.807, 2.05) is 47.4 Å². The van der Waals surface area contributed by atoms with Gasteiger partial charge in [0.25, 0.3) is 0 Å². The summed E-state index contributed by atoms with van der Waals surface area (Å²) in [6.45, 7) is 4.83. The molecule has 4 heteroatoms. The maximum atomic E-state index is 6.09. The van der Waals surface area contributed by atoms with Crippen molar-refractivity contribution < 1.29 is 4.74 Å². The molecule has 2 aromatic rings. The molecule has 1 aliphatic heterocycles. The summed E-state index contributed by atoms with van der Waals surface area (Å²) in [5, 5.41) is 7.79. The van der Waals surface area contributed by atoms with Gasteiger partial charge >= 0.3 is 0 Å². The third kappa shape index (κ3) is 3.08. The second-order valence-corrected chi connectivity index (χ2v) is 5.65. The van der Waals surface area contributed by atoms with Gasteiger partial charge in [-0.2, -0.15) is 5.10 Å². The largest absolute Gasteiger partial charge is 0.369 e. The predicted octanol–water partition coefficient (Wildman–Crippen LogP) is 2.53. The molecule has 106 valence electrons. The summed E-state index contributed by atoms with van der Waals surface area (Å²) in [4.78, 5) is 0. The Bertz CT molecular complexity index is 544. The van der Waals surface area contributed by atoms with Crippen LogP contribution >= 0.6 is 0 Å². The molecule has 1 atom stereocenters. The van der Waals surface area contributed by atoms with Gasteiger partial charge in [0.2, 0.25) is 0 Å². The zero-order valence-electron chi connectivity index (χ0n) is 11.9. The van der Waals surface area contributed by atoms with Crippen molar-refractivity contribution in [2.75, 3.05) is 13.1 Å². The summed E-state index contributed by atoms with van der Waals surface area (Å²) in [7, 11) is 0. The van der Waals surface area contributed by atoms with E-state index in [2.05, 4.69) is 17.3 Å². The first-order chi connectivity index (χ1) is 9.75. The fraction of sp³-hybridized carbons (Fsp3) is 0.438. The number of piperidine rings is 1. The number of ether oxygens (including phenoxy) is 1. The lowest BCUT2D eigenvalue weighted by molar-refractivity contribution is -0.0571. The van der Waals surface area contributed by atoms with Gasteiger partial charge in [-0.1, -0.05) is 18.2 Å². The van der Waals surface area contributed by atoms with E-state index < -0.39 is 0 Å². The van der Waals surface area contributed by atoms with Gasteiger partial charge in [-0.05, 0) is 38.4 Å². The molecular formula is C16H21N3O. The van der Waals surface area contributed by atoms with Crippen LogP contribution in [-0.2, 0) is 11.3 Å². The number of nitrogens with zero attached hydrogens (tertiary/aromatic N) is 2. The highest BCUT2D eigenvalue weighted by Crippen LogP contribution is 2.21. The Morgan fingerprint density at radius 3 is 2.95 bits per heavy atom. The van der Waals surface area contributed by atoms with Crippen molar-refractivity contribution in [2.24, 2.45) is 0 Å². The van der Waals surface area contributed by atoms with E-state index >= 15 is 0 Å². The van der Waals surface area contributed by atoms with Crippen molar-refractivity contribution in [3.63, 3.8) is 0 Å². The molecule has 1 N–H and O–H groups in total. The highest BCUT2D eigenvalue weighted by Gasteiger charge is 2.27. The number of para-hydroxylation sites is 1. The van der Waals surface area contributed by atoms with Crippen LogP contribution in [0.25, 0.3) is 5.69 Å². The minimum absolute atomic E-state index is 0.0485. The summed E-state index contributed by atoms with van der Waals surface area (Å²) in [5.41, 5.74) is 2.14. The lowest BCUT2D eigenvalue weighted by atomic mass is 9.96. The lowest BCUT2D eigenvalue weighted by Gasteiger charge is -2.34. The minimum Gasteiger partial charge on any atom is -0.369 e. The monoisotopic (exact) mass is 271 g/mol. The molecule has 0 spiro atoms. The first kappa shape index (κ1) is 13.3. The van der Waals surface area contributed by atoms with E-state index in [-0.39, 0.29) is 5.60 Å². The molecule has 0 saturated carbocycles. The van der Waals surface area contributed by atoms with Crippen molar-refractivity contribution >= 4 is 0 Å². The number of hydrogen-bond donors (Lipinski definition) is 1.